The summed E-state index contributed by atoms with van der Waals surface area (Å²) in [5.74, 6) is 0.924. The zero-order chi connectivity index (χ0) is 13.5. The first-order valence-corrected chi connectivity index (χ1v) is 7.66. The molecule has 19 heavy (non-hydrogen) atoms. The molecule has 0 saturated heterocycles. The standard InChI is InChI=1S/C17H26N2/c1-16(2)14-6-8-17(16,3)15(11-14)19-10-7-13-5-4-9-18-12-13/h4-5,9,12,14-15,19H,6-8,10-11H2,1-3H3. The summed E-state index contributed by atoms with van der Waals surface area (Å²) in [6, 6.07) is 4.90. The van der Waals surface area contributed by atoms with Crippen molar-refractivity contribution in [2.45, 2.75) is 52.5 Å². The van der Waals surface area contributed by atoms with Crippen LogP contribution in [0.3, 0.4) is 0 Å². The van der Waals surface area contributed by atoms with E-state index in [1.165, 1.54) is 24.8 Å². The largest absolute Gasteiger partial charge is 0.313 e. The molecule has 3 atom stereocenters. The molecule has 0 aliphatic heterocycles. The first-order chi connectivity index (χ1) is 9.04. The first kappa shape index (κ1) is 13.1. The normalized spacial score (nSPS) is 35.7. The van der Waals surface area contributed by atoms with Gasteiger partial charge in [-0.1, -0.05) is 26.8 Å². The molecule has 1 aromatic rings. The molecule has 2 saturated carbocycles. The molecule has 0 spiro atoms. The van der Waals surface area contributed by atoms with Crippen molar-refractivity contribution in [1.82, 2.24) is 10.3 Å². The highest BCUT2D eigenvalue weighted by Gasteiger charge is 2.60. The molecule has 2 nitrogen and oxygen atoms in total. The maximum atomic E-state index is 4.18. The van der Waals surface area contributed by atoms with Gasteiger partial charge in [0.15, 0.2) is 0 Å². The van der Waals surface area contributed by atoms with Crippen molar-refractivity contribution in [2.75, 3.05) is 6.54 Å². The highest BCUT2D eigenvalue weighted by molar-refractivity contribution is 5.14. The van der Waals surface area contributed by atoms with E-state index in [0.717, 1.165) is 18.9 Å². The highest BCUT2D eigenvalue weighted by atomic mass is 15.0. The number of aromatic nitrogens is 1. The summed E-state index contributed by atoms with van der Waals surface area (Å²) in [4.78, 5) is 4.18. The molecule has 2 bridgehead atoms. The van der Waals surface area contributed by atoms with Gasteiger partial charge in [0.25, 0.3) is 0 Å². The summed E-state index contributed by atoms with van der Waals surface area (Å²) in [6.45, 7) is 8.54. The van der Waals surface area contributed by atoms with Crippen LogP contribution in [0.1, 0.15) is 45.6 Å². The Morgan fingerprint density at radius 3 is 2.79 bits per heavy atom. The van der Waals surface area contributed by atoms with Crippen LogP contribution in [0.5, 0.6) is 0 Å². The number of hydrogen-bond acceptors (Lipinski definition) is 2. The average Bonchev–Trinajstić information content (AvgIpc) is 2.73. The predicted octanol–water partition coefficient (Wildman–Crippen LogP) is 3.43. The monoisotopic (exact) mass is 258 g/mol. The lowest BCUT2D eigenvalue weighted by Crippen LogP contribution is -2.45. The Balaban J connectivity index is 1.58. The molecule has 3 unspecified atom stereocenters. The number of rotatable bonds is 4. The van der Waals surface area contributed by atoms with Crippen LogP contribution < -0.4 is 5.32 Å². The van der Waals surface area contributed by atoms with E-state index in [1.54, 1.807) is 0 Å². The van der Waals surface area contributed by atoms with Crippen LogP contribution in [0, 0.1) is 16.7 Å². The molecule has 0 radical (unpaired) electrons. The zero-order valence-corrected chi connectivity index (χ0v) is 12.4. The first-order valence-electron chi connectivity index (χ1n) is 7.66. The number of hydrogen-bond donors (Lipinski definition) is 1. The molecule has 1 heterocycles. The Hall–Kier alpha value is -0.890. The highest BCUT2D eigenvalue weighted by Crippen LogP contribution is 2.65. The molecule has 0 amide bonds. The smallest absolute Gasteiger partial charge is 0.0300 e. The molecule has 2 fully saturated rings. The van der Waals surface area contributed by atoms with Crippen molar-refractivity contribution in [3.05, 3.63) is 30.1 Å². The second-order valence-corrected chi connectivity index (χ2v) is 7.23. The van der Waals surface area contributed by atoms with Gasteiger partial charge >= 0.3 is 0 Å². The SMILES string of the molecule is CC1(C)C2CCC1(C)C(NCCc1cccnc1)C2. The fourth-order valence-corrected chi connectivity index (χ4v) is 4.45. The summed E-state index contributed by atoms with van der Waals surface area (Å²) in [7, 11) is 0. The minimum atomic E-state index is 0.493. The molecule has 2 aliphatic rings. The van der Waals surface area contributed by atoms with Crippen LogP contribution in [0.15, 0.2) is 24.5 Å². The van der Waals surface area contributed by atoms with Crippen molar-refractivity contribution >= 4 is 0 Å². The number of pyridine rings is 1. The number of nitrogens with zero attached hydrogens (tertiary/aromatic N) is 1. The second kappa shape index (κ2) is 4.59. The Morgan fingerprint density at radius 2 is 2.21 bits per heavy atom. The van der Waals surface area contributed by atoms with E-state index in [4.69, 9.17) is 0 Å². The van der Waals surface area contributed by atoms with Gasteiger partial charge in [-0.05, 0) is 60.6 Å². The van der Waals surface area contributed by atoms with E-state index < -0.39 is 0 Å². The number of fused-ring (bicyclic) bond motifs is 2. The van der Waals surface area contributed by atoms with Gasteiger partial charge in [0.05, 0.1) is 0 Å². The summed E-state index contributed by atoms with van der Waals surface area (Å²) < 4.78 is 0. The summed E-state index contributed by atoms with van der Waals surface area (Å²) in [6.07, 6.45) is 9.12. The summed E-state index contributed by atoms with van der Waals surface area (Å²) in [5, 5.41) is 3.83. The Kier molecular flexibility index (Phi) is 3.17. The van der Waals surface area contributed by atoms with Crippen LogP contribution >= 0.6 is 0 Å². The van der Waals surface area contributed by atoms with Crippen molar-refractivity contribution in [2.24, 2.45) is 16.7 Å². The minimum Gasteiger partial charge on any atom is -0.313 e. The Morgan fingerprint density at radius 1 is 1.37 bits per heavy atom. The van der Waals surface area contributed by atoms with Crippen LogP contribution in [0.25, 0.3) is 0 Å². The van der Waals surface area contributed by atoms with Gasteiger partial charge in [-0.25, -0.2) is 0 Å². The topological polar surface area (TPSA) is 24.9 Å². The van der Waals surface area contributed by atoms with Crippen LogP contribution in [-0.4, -0.2) is 17.6 Å². The molecule has 1 aromatic heterocycles. The van der Waals surface area contributed by atoms with Gasteiger partial charge in [0.2, 0.25) is 0 Å². The van der Waals surface area contributed by atoms with E-state index in [9.17, 15) is 0 Å². The molecule has 0 aromatic carbocycles. The van der Waals surface area contributed by atoms with Crippen LogP contribution in [0.4, 0.5) is 0 Å². The zero-order valence-electron chi connectivity index (χ0n) is 12.4. The molecular weight excluding hydrogens is 232 g/mol. The maximum Gasteiger partial charge on any atom is 0.0300 e. The Bertz CT molecular complexity index is 440. The summed E-state index contributed by atoms with van der Waals surface area (Å²) >= 11 is 0. The van der Waals surface area contributed by atoms with Crippen molar-refractivity contribution in [3.8, 4) is 0 Å². The third kappa shape index (κ3) is 2.01. The van der Waals surface area contributed by atoms with E-state index >= 15 is 0 Å². The minimum absolute atomic E-state index is 0.493. The molecule has 3 rings (SSSR count). The fourth-order valence-electron chi connectivity index (χ4n) is 4.45. The lowest BCUT2D eigenvalue weighted by molar-refractivity contribution is 0.121. The van der Waals surface area contributed by atoms with Crippen LogP contribution in [-0.2, 0) is 6.42 Å². The van der Waals surface area contributed by atoms with E-state index in [1.807, 2.05) is 18.5 Å². The molecule has 2 aliphatic carbocycles. The van der Waals surface area contributed by atoms with Crippen molar-refractivity contribution < 1.29 is 0 Å². The van der Waals surface area contributed by atoms with Crippen molar-refractivity contribution in [3.63, 3.8) is 0 Å². The molecule has 104 valence electrons. The van der Waals surface area contributed by atoms with Gasteiger partial charge in [-0.3, -0.25) is 4.98 Å². The van der Waals surface area contributed by atoms with E-state index in [-0.39, 0.29) is 0 Å². The van der Waals surface area contributed by atoms with Crippen molar-refractivity contribution in [1.29, 1.82) is 0 Å². The van der Waals surface area contributed by atoms with Crippen LogP contribution in [0.2, 0.25) is 0 Å². The maximum absolute atomic E-state index is 4.18. The van der Waals surface area contributed by atoms with E-state index in [2.05, 4.69) is 37.1 Å². The Labute approximate surface area is 117 Å². The molecule has 1 N–H and O–H groups in total. The fraction of sp³-hybridized carbons (Fsp3) is 0.706. The predicted molar refractivity (Wildman–Crippen MR) is 79.0 cm³/mol. The lowest BCUT2D eigenvalue weighted by Gasteiger charge is -2.39. The quantitative estimate of drug-likeness (QED) is 0.895. The number of nitrogens with one attached hydrogen (secondary N) is 1. The third-order valence-corrected chi connectivity index (χ3v) is 6.32. The molecule has 2 heteroatoms. The third-order valence-electron chi connectivity index (χ3n) is 6.32. The summed E-state index contributed by atoms with van der Waals surface area (Å²) in [5.41, 5.74) is 2.34. The van der Waals surface area contributed by atoms with Gasteiger partial charge in [-0.2, -0.15) is 0 Å². The molecular formula is C17H26N2. The van der Waals surface area contributed by atoms with Gasteiger partial charge in [0.1, 0.15) is 0 Å². The average molecular weight is 258 g/mol. The second-order valence-electron chi connectivity index (χ2n) is 7.23. The van der Waals surface area contributed by atoms with E-state index in [0.29, 0.717) is 16.9 Å². The lowest BCUT2D eigenvalue weighted by atomic mass is 9.69. The van der Waals surface area contributed by atoms with Gasteiger partial charge in [0, 0.05) is 18.4 Å². The van der Waals surface area contributed by atoms with Gasteiger partial charge in [-0.15, -0.1) is 0 Å². The van der Waals surface area contributed by atoms with Gasteiger partial charge < -0.3 is 5.32 Å².